The van der Waals surface area contributed by atoms with E-state index in [4.69, 9.17) is 0 Å². The van der Waals surface area contributed by atoms with Crippen LogP contribution in [-0.2, 0) is 13.6 Å². The van der Waals surface area contributed by atoms with Crippen molar-refractivity contribution in [3.05, 3.63) is 11.6 Å². The predicted molar refractivity (Wildman–Crippen MR) is 69.1 cm³/mol. The molecular formula is C12H23N5O. The van der Waals surface area contributed by atoms with Gasteiger partial charge in [0.25, 0.3) is 0 Å². The molecular weight excluding hydrogens is 230 g/mol. The van der Waals surface area contributed by atoms with E-state index in [1.54, 1.807) is 0 Å². The van der Waals surface area contributed by atoms with Crippen LogP contribution in [0.5, 0.6) is 0 Å². The Kier molecular flexibility index (Phi) is 3.99. The van der Waals surface area contributed by atoms with Crippen LogP contribution in [0.25, 0.3) is 0 Å². The molecule has 1 aromatic heterocycles. The van der Waals surface area contributed by atoms with Crippen molar-refractivity contribution in [1.29, 1.82) is 0 Å². The molecule has 18 heavy (non-hydrogen) atoms. The molecule has 6 nitrogen and oxygen atoms in total. The van der Waals surface area contributed by atoms with Gasteiger partial charge in [0.1, 0.15) is 11.6 Å². The minimum atomic E-state index is -0.218. The van der Waals surface area contributed by atoms with Gasteiger partial charge in [0, 0.05) is 26.2 Å². The highest BCUT2D eigenvalue weighted by atomic mass is 16.3. The van der Waals surface area contributed by atoms with Crippen molar-refractivity contribution in [3.8, 4) is 0 Å². The van der Waals surface area contributed by atoms with Crippen LogP contribution in [0.15, 0.2) is 0 Å². The van der Waals surface area contributed by atoms with Gasteiger partial charge in [-0.1, -0.05) is 0 Å². The number of β-amino-alcohol motifs (C(OH)–C–C–N with tert-alkyl or cyclic N) is 1. The molecule has 1 aromatic rings. The monoisotopic (exact) mass is 253 g/mol. The molecule has 6 heteroatoms. The first-order valence-corrected chi connectivity index (χ1v) is 6.39. The number of aliphatic hydroxyl groups is 1. The molecule has 0 bridgehead atoms. The molecule has 1 fully saturated rings. The molecule has 102 valence electrons. The second-order valence-electron chi connectivity index (χ2n) is 5.46. The lowest BCUT2D eigenvalue weighted by atomic mass is 10.2. The molecule has 2 unspecified atom stereocenters. The van der Waals surface area contributed by atoms with E-state index in [-0.39, 0.29) is 6.10 Å². The molecule has 0 radical (unpaired) electrons. The molecule has 2 heterocycles. The average Bonchev–Trinajstić information content (AvgIpc) is 2.76. The normalized spacial score (nSPS) is 25.2. The van der Waals surface area contributed by atoms with Crippen LogP contribution >= 0.6 is 0 Å². The maximum atomic E-state index is 9.83. The Labute approximate surface area is 108 Å². The Hall–Kier alpha value is -0.980. The van der Waals surface area contributed by atoms with Crippen LogP contribution in [0.1, 0.15) is 18.1 Å². The van der Waals surface area contributed by atoms with Gasteiger partial charge in [-0.15, -0.1) is 10.2 Å². The van der Waals surface area contributed by atoms with E-state index in [0.29, 0.717) is 6.04 Å². The molecule has 0 saturated carbocycles. The summed E-state index contributed by atoms with van der Waals surface area (Å²) in [6.07, 6.45) is 0.624. The third-order valence-electron chi connectivity index (χ3n) is 3.61. The highest BCUT2D eigenvalue weighted by Gasteiger charge is 2.31. The lowest BCUT2D eigenvalue weighted by molar-refractivity contribution is 0.166. The lowest BCUT2D eigenvalue weighted by Gasteiger charge is -2.26. The summed E-state index contributed by atoms with van der Waals surface area (Å²) in [6.45, 7) is 4.40. The summed E-state index contributed by atoms with van der Waals surface area (Å²) >= 11 is 0. The molecule has 1 aliphatic heterocycles. The third kappa shape index (κ3) is 2.88. The summed E-state index contributed by atoms with van der Waals surface area (Å²) in [5, 5.41) is 18.1. The number of aliphatic hydroxyl groups excluding tert-OH is 1. The zero-order valence-corrected chi connectivity index (χ0v) is 11.7. The van der Waals surface area contributed by atoms with E-state index in [0.717, 1.165) is 37.7 Å². The van der Waals surface area contributed by atoms with E-state index >= 15 is 0 Å². The molecule has 1 saturated heterocycles. The van der Waals surface area contributed by atoms with E-state index in [9.17, 15) is 5.11 Å². The van der Waals surface area contributed by atoms with Crippen LogP contribution in [0.4, 0.5) is 0 Å². The molecule has 0 aromatic carbocycles. The largest absolute Gasteiger partial charge is 0.392 e. The average molecular weight is 253 g/mol. The summed E-state index contributed by atoms with van der Waals surface area (Å²) in [6, 6.07) is 0.395. The lowest BCUT2D eigenvalue weighted by Crippen LogP contribution is -2.37. The van der Waals surface area contributed by atoms with Crippen molar-refractivity contribution >= 4 is 0 Å². The van der Waals surface area contributed by atoms with Gasteiger partial charge in [-0.3, -0.25) is 4.90 Å². The van der Waals surface area contributed by atoms with Crippen molar-refractivity contribution in [1.82, 2.24) is 24.6 Å². The van der Waals surface area contributed by atoms with E-state index in [1.165, 1.54) is 0 Å². The van der Waals surface area contributed by atoms with Gasteiger partial charge in [0.05, 0.1) is 12.6 Å². The molecule has 1 N–H and O–H groups in total. The standard InChI is InChI=1S/C12H23N5O/c1-9-13-14-12(16(9)4)8-17-7-11(18)5-10(17)6-15(2)3/h10-11,18H,5-8H2,1-4H3. The molecule has 0 aliphatic carbocycles. The first kappa shape index (κ1) is 13.5. The third-order valence-corrected chi connectivity index (χ3v) is 3.61. The van der Waals surface area contributed by atoms with Gasteiger partial charge < -0.3 is 14.6 Å². The van der Waals surface area contributed by atoms with Gasteiger partial charge in [-0.2, -0.15) is 0 Å². The number of likely N-dealkylation sites (tertiary alicyclic amines) is 1. The Morgan fingerprint density at radius 1 is 1.39 bits per heavy atom. The summed E-state index contributed by atoms with van der Waals surface area (Å²) < 4.78 is 2.01. The van der Waals surface area contributed by atoms with E-state index in [1.807, 2.05) is 18.5 Å². The fourth-order valence-corrected chi connectivity index (χ4v) is 2.53. The number of rotatable bonds is 4. The topological polar surface area (TPSA) is 57.4 Å². The Morgan fingerprint density at radius 2 is 2.11 bits per heavy atom. The minimum Gasteiger partial charge on any atom is -0.392 e. The molecule has 0 amide bonds. The summed E-state index contributed by atoms with van der Waals surface area (Å²) in [7, 11) is 6.11. The van der Waals surface area contributed by atoms with Gasteiger partial charge in [-0.25, -0.2) is 0 Å². The van der Waals surface area contributed by atoms with Crippen LogP contribution in [0.2, 0.25) is 0 Å². The quantitative estimate of drug-likeness (QED) is 0.793. The second-order valence-corrected chi connectivity index (χ2v) is 5.46. The molecule has 0 spiro atoms. The number of aromatic nitrogens is 3. The van der Waals surface area contributed by atoms with Crippen LogP contribution in [-0.4, -0.2) is 69.0 Å². The van der Waals surface area contributed by atoms with Gasteiger partial charge in [0.2, 0.25) is 0 Å². The van der Waals surface area contributed by atoms with Crippen molar-refractivity contribution in [3.63, 3.8) is 0 Å². The molecule has 1 aliphatic rings. The van der Waals surface area contributed by atoms with E-state index < -0.39 is 0 Å². The number of hydrogen-bond acceptors (Lipinski definition) is 5. The number of hydrogen-bond donors (Lipinski definition) is 1. The fourth-order valence-electron chi connectivity index (χ4n) is 2.53. The number of aryl methyl sites for hydroxylation is 1. The van der Waals surface area contributed by atoms with Crippen LogP contribution in [0.3, 0.4) is 0 Å². The summed E-state index contributed by atoms with van der Waals surface area (Å²) in [5.74, 6) is 1.89. The Morgan fingerprint density at radius 3 is 2.67 bits per heavy atom. The summed E-state index contributed by atoms with van der Waals surface area (Å²) in [5.41, 5.74) is 0. The summed E-state index contributed by atoms with van der Waals surface area (Å²) in [4.78, 5) is 4.46. The van der Waals surface area contributed by atoms with Crippen LogP contribution in [0, 0.1) is 6.92 Å². The molecule has 2 rings (SSSR count). The van der Waals surface area contributed by atoms with Gasteiger partial charge in [-0.05, 0) is 27.4 Å². The first-order chi connectivity index (χ1) is 8.47. The second kappa shape index (κ2) is 5.34. The van der Waals surface area contributed by atoms with E-state index in [2.05, 4.69) is 34.1 Å². The minimum absolute atomic E-state index is 0.218. The van der Waals surface area contributed by atoms with Gasteiger partial charge in [0.15, 0.2) is 0 Å². The smallest absolute Gasteiger partial charge is 0.146 e. The highest BCUT2D eigenvalue weighted by Crippen LogP contribution is 2.20. The fraction of sp³-hybridized carbons (Fsp3) is 0.833. The zero-order chi connectivity index (χ0) is 13.3. The van der Waals surface area contributed by atoms with Gasteiger partial charge >= 0.3 is 0 Å². The maximum Gasteiger partial charge on any atom is 0.146 e. The van der Waals surface area contributed by atoms with Crippen LogP contribution < -0.4 is 0 Å². The predicted octanol–water partition coefficient (Wildman–Crippen LogP) is -0.380. The highest BCUT2D eigenvalue weighted by molar-refractivity contribution is 4.96. The molecule has 2 atom stereocenters. The Bertz CT molecular complexity index is 403. The van der Waals surface area contributed by atoms with Crippen molar-refractivity contribution < 1.29 is 5.11 Å². The first-order valence-electron chi connectivity index (χ1n) is 6.39. The van der Waals surface area contributed by atoms with Crippen molar-refractivity contribution in [2.24, 2.45) is 7.05 Å². The van der Waals surface area contributed by atoms with Crippen molar-refractivity contribution in [2.45, 2.75) is 32.0 Å². The number of likely N-dealkylation sites (N-methyl/N-ethyl adjacent to an activating group) is 1. The zero-order valence-electron chi connectivity index (χ0n) is 11.7. The SMILES string of the molecule is Cc1nnc(CN2CC(O)CC2CN(C)C)n1C. The maximum absolute atomic E-state index is 9.83. The Balaban J connectivity index is 2.04. The van der Waals surface area contributed by atoms with Crippen molar-refractivity contribution in [2.75, 3.05) is 27.2 Å². The number of nitrogens with zero attached hydrogens (tertiary/aromatic N) is 5.